The number of hydrogen-bond donors (Lipinski definition) is 2. The van der Waals surface area contributed by atoms with Gasteiger partial charge in [0.25, 0.3) is 0 Å². The van der Waals surface area contributed by atoms with Crippen LogP contribution in [0.3, 0.4) is 0 Å². The summed E-state index contributed by atoms with van der Waals surface area (Å²) in [5.74, 6) is 1.90. The standard InChI is InChI=1S/C18H23NO4S/c1-18(24)9-4-5-14(23-18)12-17(20)19-10-8-13-6-7-15(21-2)16(11-13)22-3/h4-7,9,11,24H,8,10,12H2,1-3H3,(H,19,20). The Hall–Kier alpha value is -2.08. The number of amides is 1. The molecule has 1 atom stereocenters. The van der Waals surface area contributed by atoms with Gasteiger partial charge in [-0.25, -0.2) is 0 Å². The summed E-state index contributed by atoms with van der Waals surface area (Å²) in [6.07, 6.45) is 6.37. The molecule has 1 aromatic carbocycles. The monoisotopic (exact) mass is 349 g/mol. The minimum atomic E-state index is -0.663. The number of nitrogens with one attached hydrogen (secondary N) is 1. The van der Waals surface area contributed by atoms with Crippen molar-refractivity contribution < 1.29 is 19.0 Å². The third kappa shape index (κ3) is 5.23. The van der Waals surface area contributed by atoms with Crippen LogP contribution in [0.1, 0.15) is 18.9 Å². The van der Waals surface area contributed by atoms with E-state index in [1.54, 1.807) is 20.3 Å². The molecule has 5 nitrogen and oxygen atoms in total. The van der Waals surface area contributed by atoms with Crippen LogP contribution in [0.15, 0.2) is 42.2 Å². The smallest absolute Gasteiger partial charge is 0.227 e. The van der Waals surface area contributed by atoms with Gasteiger partial charge in [0, 0.05) is 6.54 Å². The molecule has 1 amide bonds. The predicted molar refractivity (Wildman–Crippen MR) is 96.6 cm³/mol. The van der Waals surface area contributed by atoms with E-state index in [1.807, 2.05) is 37.3 Å². The topological polar surface area (TPSA) is 56.8 Å². The van der Waals surface area contributed by atoms with Gasteiger partial charge in [-0.1, -0.05) is 12.1 Å². The Morgan fingerprint density at radius 1 is 1.29 bits per heavy atom. The van der Waals surface area contributed by atoms with E-state index in [0.717, 1.165) is 5.56 Å². The van der Waals surface area contributed by atoms with Crippen molar-refractivity contribution in [2.75, 3.05) is 20.8 Å². The van der Waals surface area contributed by atoms with E-state index in [4.69, 9.17) is 14.2 Å². The van der Waals surface area contributed by atoms with Crippen molar-refractivity contribution >= 4 is 18.5 Å². The van der Waals surface area contributed by atoms with Crippen molar-refractivity contribution in [1.29, 1.82) is 0 Å². The zero-order valence-corrected chi connectivity index (χ0v) is 15.1. The molecule has 2 rings (SSSR count). The fraction of sp³-hybridized carbons (Fsp3) is 0.389. The SMILES string of the molecule is COc1ccc(CCNC(=O)CC2=CC=CC(C)(S)O2)cc1OC. The van der Waals surface area contributed by atoms with Crippen molar-refractivity contribution in [1.82, 2.24) is 5.32 Å². The van der Waals surface area contributed by atoms with Gasteiger partial charge in [0.05, 0.1) is 20.6 Å². The van der Waals surface area contributed by atoms with Crippen molar-refractivity contribution in [3.05, 3.63) is 47.7 Å². The molecule has 24 heavy (non-hydrogen) atoms. The van der Waals surface area contributed by atoms with Gasteiger partial charge < -0.3 is 19.5 Å². The molecule has 130 valence electrons. The molecule has 0 bridgehead atoms. The van der Waals surface area contributed by atoms with Crippen LogP contribution in [0, 0.1) is 0 Å². The highest BCUT2D eigenvalue weighted by atomic mass is 32.1. The zero-order chi connectivity index (χ0) is 17.6. The maximum Gasteiger partial charge on any atom is 0.227 e. The molecule has 0 spiro atoms. The van der Waals surface area contributed by atoms with Gasteiger partial charge in [-0.3, -0.25) is 4.79 Å². The van der Waals surface area contributed by atoms with Crippen LogP contribution in [0.2, 0.25) is 0 Å². The molecule has 1 aliphatic rings. The lowest BCUT2D eigenvalue weighted by Crippen LogP contribution is -2.28. The van der Waals surface area contributed by atoms with Crippen molar-refractivity contribution in [2.45, 2.75) is 24.7 Å². The van der Waals surface area contributed by atoms with Gasteiger partial charge >= 0.3 is 0 Å². The maximum atomic E-state index is 12.0. The molecular formula is C18H23NO4S. The number of carbonyl (C=O) groups is 1. The van der Waals surface area contributed by atoms with E-state index < -0.39 is 4.93 Å². The number of rotatable bonds is 7. The Kier molecular flexibility index (Phi) is 6.20. The summed E-state index contributed by atoms with van der Waals surface area (Å²) in [5, 5.41) is 2.89. The molecule has 1 N–H and O–H groups in total. The van der Waals surface area contributed by atoms with Crippen LogP contribution in [0.25, 0.3) is 0 Å². The Balaban J connectivity index is 1.81. The van der Waals surface area contributed by atoms with E-state index in [0.29, 0.717) is 30.2 Å². The minimum absolute atomic E-state index is 0.0823. The minimum Gasteiger partial charge on any atom is -0.493 e. The molecular weight excluding hydrogens is 326 g/mol. The summed E-state index contributed by atoms with van der Waals surface area (Å²) in [4.78, 5) is 11.3. The van der Waals surface area contributed by atoms with Crippen LogP contribution in [-0.4, -0.2) is 31.6 Å². The lowest BCUT2D eigenvalue weighted by molar-refractivity contribution is -0.121. The molecule has 0 aromatic heterocycles. The lowest BCUT2D eigenvalue weighted by atomic mass is 10.1. The Labute approximate surface area is 148 Å². The summed E-state index contributed by atoms with van der Waals surface area (Å²) in [6, 6.07) is 5.73. The normalized spacial score (nSPS) is 19.2. The van der Waals surface area contributed by atoms with Gasteiger partial charge in [0.2, 0.25) is 5.91 Å². The highest BCUT2D eigenvalue weighted by Gasteiger charge is 2.22. The van der Waals surface area contributed by atoms with E-state index in [2.05, 4.69) is 17.9 Å². The summed E-state index contributed by atoms with van der Waals surface area (Å²) < 4.78 is 16.1. The number of benzene rings is 1. The number of carbonyl (C=O) groups excluding carboxylic acids is 1. The van der Waals surface area contributed by atoms with Gasteiger partial charge in [-0.15, -0.1) is 12.6 Å². The average molecular weight is 349 g/mol. The van der Waals surface area contributed by atoms with Crippen LogP contribution in [0.4, 0.5) is 0 Å². The Morgan fingerprint density at radius 3 is 2.71 bits per heavy atom. The second kappa shape index (κ2) is 8.15. The molecule has 0 fully saturated rings. The molecule has 0 saturated heterocycles. The maximum absolute atomic E-state index is 12.0. The lowest BCUT2D eigenvalue weighted by Gasteiger charge is -2.26. The fourth-order valence-corrected chi connectivity index (χ4v) is 2.57. The number of thiol groups is 1. The number of methoxy groups -OCH3 is 2. The van der Waals surface area contributed by atoms with E-state index in [9.17, 15) is 4.79 Å². The highest BCUT2D eigenvalue weighted by Crippen LogP contribution is 2.28. The first-order valence-electron chi connectivity index (χ1n) is 7.71. The first-order chi connectivity index (χ1) is 11.4. The molecule has 0 radical (unpaired) electrons. The third-order valence-electron chi connectivity index (χ3n) is 3.54. The third-order valence-corrected chi connectivity index (χ3v) is 3.78. The molecule has 0 aliphatic carbocycles. The van der Waals surface area contributed by atoms with Gasteiger partial charge in [-0.05, 0) is 43.2 Å². The van der Waals surface area contributed by atoms with E-state index in [1.165, 1.54) is 0 Å². The summed E-state index contributed by atoms with van der Waals surface area (Å²) in [6.45, 7) is 2.37. The first kappa shape index (κ1) is 18.3. The van der Waals surface area contributed by atoms with Gasteiger partial charge in [0.15, 0.2) is 16.4 Å². The second-order valence-corrected chi connectivity index (χ2v) is 6.50. The van der Waals surface area contributed by atoms with E-state index >= 15 is 0 Å². The fourth-order valence-electron chi connectivity index (χ4n) is 2.37. The Morgan fingerprint density at radius 2 is 2.04 bits per heavy atom. The molecule has 0 saturated carbocycles. The van der Waals surface area contributed by atoms with Crippen LogP contribution in [-0.2, 0) is 16.0 Å². The highest BCUT2D eigenvalue weighted by molar-refractivity contribution is 7.81. The zero-order valence-electron chi connectivity index (χ0n) is 14.2. The summed E-state index contributed by atoms with van der Waals surface area (Å²) >= 11 is 4.35. The van der Waals surface area contributed by atoms with Crippen molar-refractivity contribution in [3.63, 3.8) is 0 Å². The van der Waals surface area contributed by atoms with Gasteiger partial charge in [0.1, 0.15) is 5.76 Å². The second-order valence-electron chi connectivity index (χ2n) is 5.61. The number of hydrogen-bond acceptors (Lipinski definition) is 5. The molecule has 6 heteroatoms. The Bertz CT molecular complexity index is 652. The van der Waals surface area contributed by atoms with Crippen molar-refractivity contribution in [2.24, 2.45) is 0 Å². The first-order valence-corrected chi connectivity index (χ1v) is 8.15. The van der Waals surface area contributed by atoms with Crippen molar-refractivity contribution in [3.8, 4) is 11.5 Å². The summed E-state index contributed by atoms with van der Waals surface area (Å²) in [7, 11) is 3.20. The summed E-state index contributed by atoms with van der Waals surface area (Å²) in [5.41, 5.74) is 1.06. The molecule has 1 unspecified atom stereocenters. The van der Waals surface area contributed by atoms with Crippen LogP contribution >= 0.6 is 12.6 Å². The van der Waals surface area contributed by atoms with E-state index in [-0.39, 0.29) is 12.3 Å². The molecule has 1 aliphatic heterocycles. The average Bonchev–Trinajstić information content (AvgIpc) is 2.53. The quantitative estimate of drug-likeness (QED) is 0.743. The van der Waals surface area contributed by atoms with Crippen LogP contribution < -0.4 is 14.8 Å². The number of allylic oxidation sites excluding steroid dienone is 2. The molecule has 1 aromatic rings. The van der Waals surface area contributed by atoms with Crippen LogP contribution in [0.5, 0.6) is 11.5 Å². The number of ether oxygens (including phenoxy) is 3. The van der Waals surface area contributed by atoms with Gasteiger partial charge in [-0.2, -0.15) is 0 Å². The largest absolute Gasteiger partial charge is 0.493 e. The molecule has 1 heterocycles. The predicted octanol–water partition coefficient (Wildman–Crippen LogP) is 2.87.